The Labute approximate surface area is 136 Å². The van der Waals surface area contributed by atoms with Crippen LogP contribution >= 0.6 is 0 Å². The Balaban J connectivity index is 1.74. The molecular weight excluding hydrogens is 323 g/mol. The van der Waals surface area contributed by atoms with Crippen LogP contribution in [0.15, 0.2) is 30.3 Å². The van der Waals surface area contributed by atoms with Gasteiger partial charge in [0.1, 0.15) is 12.2 Å². The summed E-state index contributed by atoms with van der Waals surface area (Å²) >= 11 is 0. The molecule has 0 atom stereocenters. The van der Waals surface area contributed by atoms with Gasteiger partial charge in [-0.3, -0.25) is 0 Å². The third-order valence-electron chi connectivity index (χ3n) is 3.82. The van der Waals surface area contributed by atoms with E-state index in [-0.39, 0.29) is 6.54 Å². The quantitative estimate of drug-likeness (QED) is 0.843. The minimum Gasteiger partial charge on any atom is -0.319 e. The topological polar surface area (TPSA) is 54.3 Å². The molecule has 3 rings (SSSR count). The SMILES string of the molecule is CN(CC(F)(F)F)C(=O)N1CCc2c(nnn2-c2ccccc2)C1. The smallest absolute Gasteiger partial charge is 0.319 e. The molecule has 0 aliphatic carbocycles. The number of urea groups is 1. The van der Waals surface area contributed by atoms with Crippen LogP contribution in [0.3, 0.4) is 0 Å². The summed E-state index contributed by atoms with van der Waals surface area (Å²) in [7, 11) is 1.15. The van der Waals surface area contributed by atoms with E-state index in [2.05, 4.69) is 10.3 Å². The van der Waals surface area contributed by atoms with E-state index in [9.17, 15) is 18.0 Å². The molecule has 0 spiro atoms. The lowest BCUT2D eigenvalue weighted by molar-refractivity contribution is -0.138. The summed E-state index contributed by atoms with van der Waals surface area (Å²) in [5.74, 6) is 0. The third-order valence-corrected chi connectivity index (χ3v) is 3.82. The van der Waals surface area contributed by atoms with E-state index >= 15 is 0 Å². The molecule has 9 heteroatoms. The van der Waals surface area contributed by atoms with E-state index in [1.807, 2.05) is 30.3 Å². The highest BCUT2D eigenvalue weighted by atomic mass is 19.4. The number of para-hydroxylation sites is 1. The van der Waals surface area contributed by atoms with Crippen molar-refractivity contribution in [1.82, 2.24) is 24.8 Å². The van der Waals surface area contributed by atoms with Crippen molar-refractivity contribution in [2.24, 2.45) is 0 Å². The molecule has 2 heterocycles. The zero-order chi connectivity index (χ0) is 17.3. The number of benzene rings is 1. The van der Waals surface area contributed by atoms with Gasteiger partial charge < -0.3 is 9.80 Å². The minimum absolute atomic E-state index is 0.156. The lowest BCUT2D eigenvalue weighted by Crippen LogP contribution is -2.46. The number of alkyl halides is 3. The lowest BCUT2D eigenvalue weighted by Gasteiger charge is -2.30. The molecular formula is C15H16F3N5O. The first-order chi connectivity index (χ1) is 11.3. The molecule has 0 saturated heterocycles. The third kappa shape index (κ3) is 3.34. The molecule has 6 nitrogen and oxygen atoms in total. The molecule has 0 N–H and O–H groups in total. The highest BCUT2D eigenvalue weighted by Gasteiger charge is 2.34. The maximum Gasteiger partial charge on any atom is 0.406 e. The fourth-order valence-corrected chi connectivity index (χ4v) is 2.72. The molecule has 24 heavy (non-hydrogen) atoms. The number of nitrogens with zero attached hydrogens (tertiary/aromatic N) is 5. The summed E-state index contributed by atoms with van der Waals surface area (Å²) in [4.78, 5) is 14.2. The van der Waals surface area contributed by atoms with E-state index in [0.29, 0.717) is 23.6 Å². The Hall–Kier alpha value is -2.58. The molecule has 1 aliphatic heterocycles. The van der Waals surface area contributed by atoms with Crippen LogP contribution in [0.25, 0.3) is 5.69 Å². The zero-order valence-electron chi connectivity index (χ0n) is 13.0. The highest BCUT2D eigenvalue weighted by Crippen LogP contribution is 2.22. The monoisotopic (exact) mass is 339 g/mol. The number of carbonyl (C=O) groups excluding carboxylic acids is 1. The number of carbonyl (C=O) groups is 1. The number of halogens is 3. The second-order valence-electron chi connectivity index (χ2n) is 5.66. The van der Waals surface area contributed by atoms with E-state index in [1.54, 1.807) is 4.68 Å². The molecule has 0 radical (unpaired) electrons. The molecule has 0 bridgehead atoms. The van der Waals surface area contributed by atoms with Crippen LogP contribution in [0, 0.1) is 0 Å². The van der Waals surface area contributed by atoms with Crippen LogP contribution in [0.5, 0.6) is 0 Å². The minimum atomic E-state index is -4.41. The fraction of sp³-hybridized carbons (Fsp3) is 0.400. The second kappa shape index (κ2) is 6.14. The van der Waals surface area contributed by atoms with Gasteiger partial charge in [0.2, 0.25) is 0 Å². The summed E-state index contributed by atoms with van der Waals surface area (Å²) < 4.78 is 39.0. The zero-order valence-corrected chi connectivity index (χ0v) is 13.0. The maximum absolute atomic E-state index is 12.4. The van der Waals surface area contributed by atoms with Gasteiger partial charge in [-0.15, -0.1) is 5.10 Å². The van der Waals surface area contributed by atoms with Crippen LogP contribution in [0.4, 0.5) is 18.0 Å². The van der Waals surface area contributed by atoms with E-state index in [1.165, 1.54) is 4.90 Å². The number of fused-ring (bicyclic) bond motifs is 1. The number of amides is 2. The van der Waals surface area contributed by atoms with Crippen LogP contribution in [0.2, 0.25) is 0 Å². The summed E-state index contributed by atoms with van der Waals surface area (Å²) in [5, 5.41) is 8.18. The van der Waals surface area contributed by atoms with Gasteiger partial charge in [0, 0.05) is 20.0 Å². The first kappa shape index (κ1) is 16.3. The highest BCUT2D eigenvalue weighted by molar-refractivity contribution is 5.74. The predicted octanol–water partition coefficient (Wildman–Crippen LogP) is 2.24. The normalized spacial score (nSPS) is 14.4. The number of hydrogen-bond acceptors (Lipinski definition) is 3. The second-order valence-corrected chi connectivity index (χ2v) is 5.66. The Morgan fingerprint density at radius 2 is 2.00 bits per heavy atom. The van der Waals surface area contributed by atoms with Gasteiger partial charge in [0.25, 0.3) is 0 Å². The Kier molecular flexibility index (Phi) is 4.16. The molecule has 1 aliphatic rings. The van der Waals surface area contributed by atoms with Gasteiger partial charge in [0.15, 0.2) is 0 Å². The van der Waals surface area contributed by atoms with Gasteiger partial charge in [-0.05, 0) is 12.1 Å². The lowest BCUT2D eigenvalue weighted by atomic mass is 10.1. The molecule has 1 aromatic carbocycles. The Morgan fingerprint density at radius 3 is 2.67 bits per heavy atom. The Morgan fingerprint density at radius 1 is 1.29 bits per heavy atom. The largest absolute Gasteiger partial charge is 0.406 e. The molecule has 1 aromatic heterocycles. The first-order valence-corrected chi connectivity index (χ1v) is 7.41. The van der Waals surface area contributed by atoms with Crippen LogP contribution in [-0.2, 0) is 13.0 Å². The van der Waals surface area contributed by atoms with Crippen molar-refractivity contribution in [3.63, 3.8) is 0 Å². The summed E-state index contributed by atoms with van der Waals surface area (Å²) in [6.45, 7) is -0.788. The summed E-state index contributed by atoms with van der Waals surface area (Å²) in [6.07, 6.45) is -3.93. The van der Waals surface area contributed by atoms with Gasteiger partial charge in [-0.2, -0.15) is 13.2 Å². The molecule has 2 amide bonds. The number of rotatable bonds is 2. The van der Waals surface area contributed by atoms with E-state index in [0.717, 1.165) is 18.4 Å². The van der Waals surface area contributed by atoms with Crippen molar-refractivity contribution in [1.29, 1.82) is 0 Å². The van der Waals surface area contributed by atoms with Gasteiger partial charge >= 0.3 is 12.2 Å². The standard InChI is InChI=1S/C15H16F3N5O/c1-21(10-15(16,17)18)14(24)22-8-7-13-12(9-22)19-20-23(13)11-5-3-2-4-6-11/h2-6H,7-10H2,1H3. The number of aromatic nitrogens is 3. The van der Waals surface area contributed by atoms with Gasteiger partial charge in [-0.1, -0.05) is 23.4 Å². The molecule has 0 fully saturated rings. The molecule has 2 aromatic rings. The van der Waals surface area contributed by atoms with Crippen molar-refractivity contribution < 1.29 is 18.0 Å². The van der Waals surface area contributed by atoms with Crippen molar-refractivity contribution in [2.45, 2.75) is 19.1 Å². The summed E-state index contributed by atoms with van der Waals surface area (Å²) in [6, 6.07) is 8.78. The van der Waals surface area contributed by atoms with Crippen molar-refractivity contribution in [3.05, 3.63) is 41.7 Å². The van der Waals surface area contributed by atoms with Crippen molar-refractivity contribution in [2.75, 3.05) is 20.1 Å². The van der Waals surface area contributed by atoms with E-state index < -0.39 is 18.8 Å². The maximum atomic E-state index is 12.4. The van der Waals surface area contributed by atoms with Crippen LogP contribution < -0.4 is 0 Å². The summed E-state index contributed by atoms with van der Waals surface area (Å²) in [5.41, 5.74) is 2.35. The molecule has 0 saturated carbocycles. The van der Waals surface area contributed by atoms with Gasteiger partial charge in [-0.25, -0.2) is 9.48 Å². The van der Waals surface area contributed by atoms with Crippen molar-refractivity contribution in [3.8, 4) is 5.69 Å². The average Bonchev–Trinajstić information content (AvgIpc) is 2.96. The average molecular weight is 339 g/mol. The van der Waals surface area contributed by atoms with Gasteiger partial charge in [0.05, 0.1) is 17.9 Å². The Bertz CT molecular complexity index is 728. The van der Waals surface area contributed by atoms with E-state index in [4.69, 9.17) is 0 Å². The van der Waals surface area contributed by atoms with Crippen LogP contribution in [-0.4, -0.2) is 57.1 Å². The first-order valence-electron chi connectivity index (χ1n) is 7.41. The molecule has 128 valence electrons. The predicted molar refractivity (Wildman–Crippen MR) is 79.6 cm³/mol. The fourth-order valence-electron chi connectivity index (χ4n) is 2.72. The molecule has 0 unspecified atom stereocenters. The van der Waals surface area contributed by atoms with Crippen molar-refractivity contribution >= 4 is 6.03 Å². The van der Waals surface area contributed by atoms with Crippen LogP contribution in [0.1, 0.15) is 11.4 Å². The number of hydrogen-bond donors (Lipinski definition) is 0.